The van der Waals surface area contributed by atoms with Gasteiger partial charge in [0.05, 0.1) is 6.20 Å². The largest absolute Gasteiger partial charge is 0.437 e. The number of nitriles is 1. The second kappa shape index (κ2) is 6.65. The lowest BCUT2D eigenvalue weighted by atomic mass is 10.1. The molecule has 1 rings (SSSR count). The van der Waals surface area contributed by atoms with Crippen molar-refractivity contribution in [3.63, 3.8) is 0 Å². The van der Waals surface area contributed by atoms with Crippen molar-refractivity contribution < 1.29 is 13.9 Å². The summed E-state index contributed by atoms with van der Waals surface area (Å²) in [5, 5.41) is 8.58. The third-order valence-corrected chi connectivity index (χ3v) is 2.53. The van der Waals surface area contributed by atoms with Gasteiger partial charge in [-0.3, -0.25) is 14.3 Å². The van der Waals surface area contributed by atoms with Crippen molar-refractivity contribution in [2.24, 2.45) is 5.92 Å². The highest BCUT2D eigenvalue weighted by Gasteiger charge is 2.22. The van der Waals surface area contributed by atoms with Gasteiger partial charge in [-0.15, -0.1) is 0 Å². The predicted molar refractivity (Wildman–Crippen MR) is 70.6 cm³/mol. The summed E-state index contributed by atoms with van der Waals surface area (Å²) in [6, 6.07) is 1.52. The van der Waals surface area contributed by atoms with E-state index in [-0.39, 0.29) is 12.3 Å². The number of aromatic nitrogens is 2. The fraction of sp³-hybridized carbons (Fsp3) is 0.385. The molecule has 0 aromatic carbocycles. The lowest BCUT2D eigenvalue weighted by Gasteiger charge is -2.21. The number of hydrogen-bond acceptors (Lipinski definition) is 5. The van der Waals surface area contributed by atoms with E-state index >= 15 is 0 Å². The van der Waals surface area contributed by atoms with E-state index in [9.17, 15) is 18.8 Å². The Bertz CT molecular complexity index is 711. The molecule has 1 heterocycles. The Hall–Kier alpha value is -2.69. The van der Waals surface area contributed by atoms with Gasteiger partial charge in [0.2, 0.25) is 5.82 Å². The summed E-state index contributed by atoms with van der Waals surface area (Å²) in [5.41, 5.74) is -2.52. The first-order valence-corrected chi connectivity index (χ1v) is 6.07. The summed E-state index contributed by atoms with van der Waals surface area (Å²) in [6.45, 7) is 6.80. The molecule has 0 bridgehead atoms. The van der Waals surface area contributed by atoms with Crippen LogP contribution in [0.1, 0.15) is 26.5 Å². The maximum atomic E-state index is 13.3. The molecule has 0 saturated heterocycles. The predicted octanol–water partition coefficient (Wildman–Crippen LogP) is 0.843. The van der Waals surface area contributed by atoms with E-state index in [2.05, 4.69) is 6.58 Å². The molecule has 8 heteroatoms. The Morgan fingerprint density at radius 1 is 1.57 bits per heavy atom. The van der Waals surface area contributed by atoms with Gasteiger partial charge in [0, 0.05) is 6.42 Å². The topological polar surface area (TPSA) is 105 Å². The van der Waals surface area contributed by atoms with Crippen LogP contribution in [0, 0.1) is 23.1 Å². The highest BCUT2D eigenvalue weighted by molar-refractivity contribution is 5.91. The third kappa shape index (κ3) is 4.14. The Morgan fingerprint density at radius 2 is 2.19 bits per heavy atom. The molecule has 1 aromatic rings. The average molecular weight is 295 g/mol. The zero-order valence-corrected chi connectivity index (χ0v) is 11.6. The van der Waals surface area contributed by atoms with Crippen LogP contribution in [0.3, 0.4) is 0 Å². The van der Waals surface area contributed by atoms with Gasteiger partial charge in [-0.25, -0.2) is 9.59 Å². The van der Waals surface area contributed by atoms with E-state index in [1.807, 2.05) is 0 Å². The molecule has 7 nitrogen and oxygen atoms in total. The highest BCUT2D eigenvalue weighted by atomic mass is 19.1. The molecule has 0 radical (unpaired) electrons. The summed E-state index contributed by atoms with van der Waals surface area (Å²) in [7, 11) is 0. The smallest absolute Gasteiger partial charge is 0.350 e. The third-order valence-electron chi connectivity index (χ3n) is 2.53. The van der Waals surface area contributed by atoms with Gasteiger partial charge in [0.1, 0.15) is 11.6 Å². The minimum Gasteiger partial charge on any atom is -0.437 e. The van der Waals surface area contributed by atoms with Gasteiger partial charge in [-0.05, 0) is 5.92 Å². The van der Waals surface area contributed by atoms with E-state index in [1.165, 1.54) is 6.07 Å². The molecule has 1 unspecified atom stereocenters. The van der Waals surface area contributed by atoms with Gasteiger partial charge >= 0.3 is 11.7 Å². The lowest BCUT2D eigenvalue weighted by molar-refractivity contribution is -0.149. The van der Waals surface area contributed by atoms with E-state index in [4.69, 9.17) is 10.00 Å². The van der Waals surface area contributed by atoms with Crippen LogP contribution in [0.15, 0.2) is 27.9 Å². The molecule has 0 aliphatic rings. The minimum atomic E-state index is -1.18. The second-order valence-electron chi connectivity index (χ2n) is 4.72. The van der Waals surface area contributed by atoms with Crippen LogP contribution in [0.2, 0.25) is 0 Å². The quantitative estimate of drug-likeness (QED) is 0.492. The van der Waals surface area contributed by atoms with Crippen LogP contribution in [-0.4, -0.2) is 15.5 Å². The molecule has 0 spiro atoms. The number of nitrogens with zero attached hydrogens (tertiary/aromatic N) is 2. The van der Waals surface area contributed by atoms with Crippen molar-refractivity contribution in [1.29, 1.82) is 5.26 Å². The number of hydrogen-bond donors (Lipinski definition) is 1. The number of ether oxygens (including phenoxy) is 1. The molecular formula is C13H14FN3O4. The molecule has 0 fully saturated rings. The van der Waals surface area contributed by atoms with Gasteiger partial charge in [-0.2, -0.15) is 9.65 Å². The van der Waals surface area contributed by atoms with Crippen molar-refractivity contribution in [2.75, 3.05) is 0 Å². The van der Waals surface area contributed by atoms with Crippen LogP contribution < -0.4 is 11.2 Å². The molecule has 1 N–H and O–H groups in total. The van der Waals surface area contributed by atoms with Gasteiger partial charge in [0.25, 0.3) is 5.56 Å². The maximum Gasteiger partial charge on any atom is 0.350 e. The summed E-state index contributed by atoms with van der Waals surface area (Å²) >= 11 is 0. The van der Waals surface area contributed by atoms with Crippen LogP contribution in [-0.2, 0) is 9.53 Å². The molecule has 0 amide bonds. The van der Waals surface area contributed by atoms with Gasteiger partial charge in [0.15, 0.2) is 6.23 Å². The highest BCUT2D eigenvalue weighted by Crippen LogP contribution is 2.18. The van der Waals surface area contributed by atoms with E-state index in [0.29, 0.717) is 6.20 Å². The first-order chi connectivity index (χ1) is 9.76. The summed E-state index contributed by atoms with van der Waals surface area (Å²) < 4.78 is 19.1. The summed E-state index contributed by atoms with van der Waals surface area (Å²) in [4.78, 5) is 36.1. The zero-order chi connectivity index (χ0) is 16.2. The monoisotopic (exact) mass is 295 g/mol. The van der Waals surface area contributed by atoms with Crippen molar-refractivity contribution in [3.05, 3.63) is 45.0 Å². The number of carbonyl (C=O) groups excluding carboxylic acids is 1. The molecule has 0 aliphatic heterocycles. The minimum absolute atomic E-state index is 0.0000373. The average Bonchev–Trinajstić information content (AvgIpc) is 2.40. The first-order valence-electron chi connectivity index (χ1n) is 6.07. The Kier molecular flexibility index (Phi) is 5.18. The van der Waals surface area contributed by atoms with Crippen molar-refractivity contribution in [1.82, 2.24) is 9.55 Å². The second-order valence-corrected chi connectivity index (χ2v) is 4.72. The van der Waals surface area contributed by atoms with Crippen molar-refractivity contribution >= 4 is 5.97 Å². The Labute approximate surface area is 119 Å². The van der Waals surface area contributed by atoms with E-state index in [0.717, 1.165) is 4.57 Å². The molecule has 0 saturated carbocycles. The summed E-state index contributed by atoms with van der Waals surface area (Å²) in [5.74, 6) is -2.19. The van der Waals surface area contributed by atoms with Crippen LogP contribution >= 0.6 is 0 Å². The normalized spacial score (nSPS) is 11.8. The number of H-pyrrole nitrogens is 1. The van der Waals surface area contributed by atoms with Gasteiger partial charge < -0.3 is 4.74 Å². The number of rotatable bonds is 5. The zero-order valence-electron chi connectivity index (χ0n) is 11.6. The first kappa shape index (κ1) is 16.4. The van der Waals surface area contributed by atoms with E-state index < -0.39 is 34.8 Å². The summed E-state index contributed by atoms with van der Waals surface area (Å²) in [6.07, 6.45) is -0.298. The maximum absolute atomic E-state index is 13.3. The molecule has 1 aromatic heterocycles. The number of halogens is 1. The number of carbonyl (C=O) groups is 1. The van der Waals surface area contributed by atoms with Crippen LogP contribution in [0.5, 0.6) is 0 Å². The Morgan fingerprint density at radius 3 is 2.71 bits per heavy atom. The SMILES string of the molecule is C=C(C#N)C(=O)OC(CC(C)C)n1cc(F)c(=O)[nH]c1=O. The van der Waals surface area contributed by atoms with Crippen LogP contribution in [0.25, 0.3) is 0 Å². The lowest BCUT2D eigenvalue weighted by Crippen LogP contribution is -2.36. The fourth-order valence-corrected chi connectivity index (χ4v) is 1.54. The number of nitrogens with one attached hydrogen (secondary N) is 1. The molecule has 112 valence electrons. The number of aromatic amines is 1. The van der Waals surface area contributed by atoms with Crippen molar-refractivity contribution in [2.45, 2.75) is 26.5 Å². The fourth-order valence-electron chi connectivity index (χ4n) is 1.54. The van der Waals surface area contributed by atoms with Crippen molar-refractivity contribution in [3.8, 4) is 6.07 Å². The molecule has 0 aliphatic carbocycles. The molecular weight excluding hydrogens is 281 g/mol. The van der Waals surface area contributed by atoms with E-state index in [1.54, 1.807) is 18.8 Å². The Balaban J connectivity index is 3.21. The molecule has 1 atom stereocenters. The van der Waals surface area contributed by atoms with Crippen LogP contribution in [0.4, 0.5) is 4.39 Å². The number of esters is 1. The standard InChI is InChI=1S/C13H14FN3O4/c1-7(2)4-10(21-12(19)8(3)5-15)17-6-9(14)11(18)16-13(17)20/h6-7,10H,3-4H2,1-2H3,(H,16,18,20). The molecule has 21 heavy (non-hydrogen) atoms. The van der Waals surface area contributed by atoms with Gasteiger partial charge in [-0.1, -0.05) is 20.4 Å².